The van der Waals surface area contributed by atoms with Crippen molar-refractivity contribution in [1.82, 2.24) is 10.2 Å². The van der Waals surface area contributed by atoms with Crippen molar-refractivity contribution in [2.75, 3.05) is 6.54 Å². The van der Waals surface area contributed by atoms with Gasteiger partial charge >= 0.3 is 0 Å². The van der Waals surface area contributed by atoms with E-state index in [1.165, 1.54) is 0 Å². The predicted molar refractivity (Wildman–Crippen MR) is 77.9 cm³/mol. The summed E-state index contributed by atoms with van der Waals surface area (Å²) in [4.78, 5) is 25.9. The van der Waals surface area contributed by atoms with Gasteiger partial charge in [0.2, 0.25) is 11.8 Å². The van der Waals surface area contributed by atoms with Crippen molar-refractivity contribution < 1.29 is 9.59 Å². The maximum Gasteiger partial charge on any atom is 0.225 e. The van der Waals surface area contributed by atoms with Crippen LogP contribution in [0.4, 0.5) is 0 Å². The molecular formula is C15H27N3O2. The molecule has 1 saturated heterocycles. The minimum atomic E-state index is -0.176. The van der Waals surface area contributed by atoms with Crippen LogP contribution in [0.1, 0.15) is 52.9 Å². The van der Waals surface area contributed by atoms with Crippen molar-refractivity contribution >= 4 is 11.8 Å². The third-order valence-corrected chi connectivity index (χ3v) is 4.47. The van der Waals surface area contributed by atoms with E-state index in [1.807, 2.05) is 25.7 Å². The first-order valence-corrected chi connectivity index (χ1v) is 7.63. The molecule has 1 heterocycles. The summed E-state index contributed by atoms with van der Waals surface area (Å²) in [6.07, 6.45) is 4.11. The van der Waals surface area contributed by atoms with Crippen LogP contribution in [0.5, 0.6) is 0 Å². The molecule has 0 spiro atoms. The van der Waals surface area contributed by atoms with Gasteiger partial charge < -0.3 is 16.0 Å². The van der Waals surface area contributed by atoms with Crippen LogP contribution in [0.15, 0.2) is 0 Å². The molecule has 1 saturated carbocycles. The molecule has 1 unspecified atom stereocenters. The number of hydrogen-bond donors (Lipinski definition) is 2. The SMILES string of the molecule is CC(C)(C)N1CC(NC(=O)C[C@@H]2CCC[C@H]2N)CC1=O. The first kappa shape index (κ1) is 15.3. The third kappa shape index (κ3) is 3.51. The molecule has 0 aromatic carbocycles. The number of rotatable bonds is 3. The second-order valence-corrected chi connectivity index (χ2v) is 7.20. The van der Waals surface area contributed by atoms with E-state index in [9.17, 15) is 9.59 Å². The molecule has 3 atom stereocenters. The second kappa shape index (κ2) is 5.72. The van der Waals surface area contributed by atoms with Crippen molar-refractivity contribution in [3.05, 3.63) is 0 Å². The fourth-order valence-corrected chi connectivity index (χ4v) is 3.30. The average Bonchev–Trinajstić information content (AvgIpc) is 2.85. The van der Waals surface area contributed by atoms with Gasteiger partial charge in [0, 0.05) is 31.0 Å². The van der Waals surface area contributed by atoms with Crippen LogP contribution in [0.3, 0.4) is 0 Å². The van der Waals surface area contributed by atoms with E-state index < -0.39 is 0 Å². The van der Waals surface area contributed by atoms with Gasteiger partial charge in [0.25, 0.3) is 0 Å². The highest BCUT2D eigenvalue weighted by Gasteiger charge is 2.37. The van der Waals surface area contributed by atoms with Crippen LogP contribution < -0.4 is 11.1 Å². The zero-order valence-electron chi connectivity index (χ0n) is 12.8. The van der Waals surface area contributed by atoms with Gasteiger partial charge in [-0.1, -0.05) is 6.42 Å². The van der Waals surface area contributed by atoms with E-state index in [1.54, 1.807) is 0 Å². The number of hydrogen-bond acceptors (Lipinski definition) is 3. The highest BCUT2D eigenvalue weighted by Crippen LogP contribution is 2.27. The van der Waals surface area contributed by atoms with Crippen molar-refractivity contribution in [2.24, 2.45) is 11.7 Å². The number of nitrogens with zero attached hydrogens (tertiary/aromatic N) is 1. The summed E-state index contributed by atoms with van der Waals surface area (Å²) in [6, 6.07) is 0.115. The van der Waals surface area contributed by atoms with E-state index in [-0.39, 0.29) is 29.4 Å². The molecule has 0 radical (unpaired) electrons. The molecule has 5 nitrogen and oxygen atoms in total. The molecular weight excluding hydrogens is 254 g/mol. The minimum Gasteiger partial charge on any atom is -0.351 e. The van der Waals surface area contributed by atoms with Gasteiger partial charge in [0.15, 0.2) is 0 Å². The number of carbonyl (C=O) groups is 2. The second-order valence-electron chi connectivity index (χ2n) is 7.20. The van der Waals surface area contributed by atoms with Crippen LogP contribution >= 0.6 is 0 Å². The highest BCUT2D eigenvalue weighted by atomic mass is 16.2. The Balaban J connectivity index is 1.82. The summed E-state index contributed by atoms with van der Waals surface area (Å²) in [6.45, 7) is 6.68. The highest BCUT2D eigenvalue weighted by molar-refractivity contribution is 5.82. The molecule has 1 aliphatic heterocycles. The van der Waals surface area contributed by atoms with Gasteiger partial charge in [-0.3, -0.25) is 9.59 Å². The van der Waals surface area contributed by atoms with Crippen LogP contribution in [0.2, 0.25) is 0 Å². The number of carbonyl (C=O) groups excluding carboxylic acids is 2. The molecule has 2 rings (SSSR count). The van der Waals surface area contributed by atoms with Gasteiger partial charge in [-0.2, -0.15) is 0 Å². The predicted octanol–water partition coefficient (Wildman–Crippen LogP) is 1.02. The van der Waals surface area contributed by atoms with E-state index >= 15 is 0 Å². The molecule has 20 heavy (non-hydrogen) atoms. The molecule has 114 valence electrons. The quantitative estimate of drug-likeness (QED) is 0.811. The van der Waals surface area contributed by atoms with E-state index in [0.717, 1.165) is 19.3 Å². The lowest BCUT2D eigenvalue weighted by Crippen LogP contribution is -2.45. The lowest BCUT2D eigenvalue weighted by Gasteiger charge is -2.32. The summed E-state index contributed by atoms with van der Waals surface area (Å²) >= 11 is 0. The van der Waals surface area contributed by atoms with Crippen LogP contribution in [0.25, 0.3) is 0 Å². The summed E-state index contributed by atoms with van der Waals surface area (Å²) in [5.41, 5.74) is 5.82. The van der Waals surface area contributed by atoms with Gasteiger partial charge in [-0.15, -0.1) is 0 Å². The Morgan fingerprint density at radius 1 is 1.40 bits per heavy atom. The Bertz CT molecular complexity index is 389. The molecule has 2 amide bonds. The topological polar surface area (TPSA) is 75.4 Å². The summed E-state index contributed by atoms with van der Waals surface area (Å²) in [5.74, 6) is 0.479. The summed E-state index contributed by atoms with van der Waals surface area (Å²) in [7, 11) is 0. The molecule has 0 bridgehead atoms. The molecule has 5 heteroatoms. The summed E-state index contributed by atoms with van der Waals surface area (Å²) < 4.78 is 0. The van der Waals surface area contributed by atoms with Gasteiger partial charge in [0.1, 0.15) is 0 Å². The number of likely N-dealkylation sites (tertiary alicyclic amines) is 1. The number of nitrogens with two attached hydrogens (primary N) is 1. The molecule has 0 aromatic rings. The Kier molecular flexibility index (Phi) is 4.37. The Labute approximate surface area is 121 Å². The minimum absolute atomic E-state index is 0.0425. The smallest absolute Gasteiger partial charge is 0.225 e. The largest absolute Gasteiger partial charge is 0.351 e. The first-order chi connectivity index (χ1) is 9.27. The first-order valence-electron chi connectivity index (χ1n) is 7.63. The fraction of sp³-hybridized carbons (Fsp3) is 0.867. The Morgan fingerprint density at radius 2 is 2.10 bits per heavy atom. The molecule has 2 fully saturated rings. The van der Waals surface area contributed by atoms with Crippen LogP contribution in [-0.2, 0) is 9.59 Å². The molecule has 1 aliphatic carbocycles. The summed E-state index contributed by atoms with van der Waals surface area (Å²) in [5, 5.41) is 3.00. The van der Waals surface area contributed by atoms with Crippen molar-refractivity contribution in [3.8, 4) is 0 Å². The number of nitrogens with one attached hydrogen (secondary N) is 1. The Morgan fingerprint density at radius 3 is 2.60 bits per heavy atom. The monoisotopic (exact) mass is 281 g/mol. The number of amides is 2. The zero-order valence-corrected chi connectivity index (χ0v) is 12.8. The normalized spacial score (nSPS) is 30.9. The Hall–Kier alpha value is -1.10. The van der Waals surface area contributed by atoms with Crippen LogP contribution in [0, 0.1) is 5.92 Å². The van der Waals surface area contributed by atoms with Crippen molar-refractivity contribution in [2.45, 2.75) is 70.5 Å². The third-order valence-electron chi connectivity index (χ3n) is 4.47. The van der Waals surface area contributed by atoms with Crippen molar-refractivity contribution in [3.63, 3.8) is 0 Å². The maximum absolute atomic E-state index is 12.1. The van der Waals surface area contributed by atoms with Gasteiger partial charge in [-0.05, 0) is 39.5 Å². The fourth-order valence-electron chi connectivity index (χ4n) is 3.30. The lowest BCUT2D eigenvalue weighted by atomic mass is 9.99. The molecule has 3 N–H and O–H groups in total. The average molecular weight is 281 g/mol. The lowest BCUT2D eigenvalue weighted by molar-refractivity contribution is -0.131. The standard InChI is InChI=1S/C15H27N3O2/c1-15(2,3)18-9-11(8-14(18)20)17-13(19)7-10-5-4-6-12(10)16/h10-12H,4-9,16H2,1-3H3,(H,17,19)/t10-,11?,12+/m0/s1. The van der Waals surface area contributed by atoms with E-state index in [0.29, 0.717) is 25.3 Å². The van der Waals surface area contributed by atoms with E-state index in [2.05, 4.69) is 5.32 Å². The van der Waals surface area contributed by atoms with Crippen molar-refractivity contribution in [1.29, 1.82) is 0 Å². The molecule has 2 aliphatic rings. The van der Waals surface area contributed by atoms with Crippen LogP contribution in [-0.4, -0.2) is 40.9 Å². The van der Waals surface area contributed by atoms with Gasteiger partial charge in [0.05, 0.1) is 6.04 Å². The van der Waals surface area contributed by atoms with Gasteiger partial charge in [-0.25, -0.2) is 0 Å². The molecule has 0 aromatic heterocycles. The maximum atomic E-state index is 12.1. The zero-order chi connectivity index (χ0) is 14.9. The van der Waals surface area contributed by atoms with E-state index in [4.69, 9.17) is 5.73 Å².